The average molecular weight is 348 g/mol. The molecule has 3 heteroatoms. The molecule has 1 aromatic rings. The summed E-state index contributed by atoms with van der Waals surface area (Å²) < 4.78 is 32.5. The van der Waals surface area contributed by atoms with Crippen molar-refractivity contribution in [2.24, 2.45) is 11.8 Å². The Morgan fingerprint density at radius 2 is 1.92 bits per heavy atom. The van der Waals surface area contributed by atoms with E-state index in [2.05, 4.69) is 19.1 Å². The van der Waals surface area contributed by atoms with Gasteiger partial charge in [0.1, 0.15) is 6.10 Å². The lowest BCUT2D eigenvalue weighted by Gasteiger charge is -2.27. The molecule has 0 radical (unpaired) electrons. The minimum absolute atomic E-state index is 0.188. The van der Waals surface area contributed by atoms with Gasteiger partial charge in [-0.2, -0.15) is 0 Å². The van der Waals surface area contributed by atoms with Gasteiger partial charge < -0.3 is 4.74 Å². The van der Waals surface area contributed by atoms with Gasteiger partial charge in [0.2, 0.25) is 0 Å². The van der Waals surface area contributed by atoms with E-state index in [1.54, 1.807) is 6.07 Å². The molecule has 1 aliphatic carbocycles. The third-order valence-electron chi connectivity index (χ3n) is 5.74. The molecule has 1 atom stereocenters. The number of benzene rings is 1. The van der Waals surface area contributed by atoms with Gasteiger partial charge in [0, 0.05) is 6.42 Å². The highest BCUT2D eigenvalue weighted by molar-refractivity contribution is 5.54. The van der Waals surface area contributed by atoms with Crippen molar-refractivity contribution in [3.05, 3.63) is 35.2 Å². The first-order valence-electron chi connectivity index (χ1n) is 9.92. The van der Waals surface area contributed by atoms with Crippen LogP contribution in [0.25, 0.3) is 6.08 Å². The standard InChI is InChI=1S/C22H30F2O/c1-2-3-16-4-6-17(7-5-16)8-9-18-14-19-10-11-20(12-13-23)25-22(19)21(24)15-18/h8-9,14-17,20H,2-7,10-13H2,1H3. The number of hydrogen-bond acceptors (Lipinski definition) is 1. The van der Waals surface area contributed by atoms with Gasteiger partial charge in [-0.15, -0.1) is 0 Å². The molecule has 2 aliphatic rings. The van der Waals surface area contributed by atoms with Gasteiger partial charge in [0.25, 0.3) is 0 Å². The van der Waals surface area contributed by atoms with E-state index in [9.17, 15) is 8.78 Å². The van der Waals surface area contributed by atoms with Crippen molar-refractivity contribution in [1.82, 2.24) is 0 Å². The topological polar surface area (TPSA) is 9.23 Å². The fourth-order valence-corrected chi connectivity index (χ4v) is 4.28. The number of hydrogen-bond donors (Lipinski definition) is 0. The molecule has 0 amide bonds. The van der Waals surface area contributed by atoms with Crippen molar-refractivity contribution in [3.8, 4) is 5.75 Å². The molecule has 0 spiro atoms. The zero-order valence-corrected chi connectivity index (χ0v) is 15.3. The molecular formula is C22H30F2O. The van der Waals surface area contributed by atoms with E-state index in [0.29, 0.717) is 18.1 Å². The van der Waals surface area contributed by atoms with E-state index >= 15 is 0 Å². The third kappa shape index (κ3) is 4.83. The second kappa shape index (κ2) is 8.82. The zero-order chi connectivity index (χ0) is 17.6. The van der Waals surface area contributed by atoms with Crippen LogP contribution in [0.2, 0.25) is 0 Å². The highest BCUT2D eigenvalue weighted by atomic mass is 19.1. The Kier molecular flexibility index (Phi) is 6.50. The number of ether oxygens (including phenoxy) is 1. The summed E-state index contributed by atoms with van der Waals surface area (Å²) in [6, 6.07) is 3.58. The smallest absolute Gasteiger partial charge is 0.165 e. The molecule has 1 unspecified atom stereocenters. The molecule has 0 saturated heterocycles. The SMILES string of the molecule is CCCC1CCC(C=Cc2cc(F)c3c(c2)CCC(CCF)O3)CC1. The molecule has 1 heterocycles. The van der Waals surface area contributed by atoms with Crippen LogP contribution in [-0.2, 0) is 6.42 Å². The first-order chi connectivity index (χ1) is 12.2. The molecule has 0 aromatic heterocycles. The van der Waals surface area contributed by atoms with Crippen molar-refractivity contribution in [1.29, 1.82) is 0 Å². The molecule has 1 fully saturated rings. The van der Waals surface area contributed by atoms with Gasteiger partial charge in [-0.3, -0.25) is 4.39 Å². The summed E-state index contributed by atoms with van der Waals surface area (Å²) in [7, 11) is 0. The molecular weight excluding hydrogens is 318 g/mol. The lowest BCUT2D eigenvalue weighted by atomic mass is 9.80. The molecule has 0 N–H and O–H groups in total. The molecule has 1 nitrogen and oxygen atoms in total. The van der Waals surface area contributed by atoms with Crippen LogP contribution in [0, 0.1) is 17.7 Å². The van der Waals surface area contributed by atoms with Gasteiger partial charge in [-0.05, 0) is 73.6 Å². The van der Waals surface area contributed by atoms with Gasteiger partial charge in [-0.1, -0.05) is 31.9 Å². The quantitative estimate of drug-likeness (QED) is 0.570. The van der Waals surface area contributed by atoms with Crippen molar-refractivity contribution in [3.63, 3.8) is 0 Å². The zero-order valence-electron chi connectivity index (χ0n) is 15.3. The highest BCUT2D eigenvalue weighted by Gasteiger charge is 2.23. The molecule has 1 aliphatic heterocycles. The summed E-state index contributed by atoms with van der Waals surface area (Å²) in [4.78, 5) is 0. The van der Waals surface area contributed by atoms with Gasteiger partial charge in [0.15, 0.2) is 11.6 Å². The Morgan fingerprint density at radius 1 is 1.12 bits per heavy atom. The van der Waals surface area contributed by atoms with Crippen LogP contribution in [0.15, 0.2) is 18.2 Å². The van der Waals surface area contributed by atoms with Crippen LogP contribution in [0.3, 0.4) is 0 Å². The fourth-order valence-electron chi connectivity index (χ4n) is 4.28. The first kappa shape index (κ1) is 18.4. The maximum Gasteiger partial charge on any atom is 0.165 e. The third-order valence-corrected chi connectivity index (χ3v) is 5.74. The van der Waals surface area contributed by atoms with Crippen molar-refractivity contribution < 1.29 is 13.5 Å². The first-order valence-corrected chi connectivity index (χ1v) is 9.92. The van der Waals surface area contributed by atoms with Gasteiger partial charge in [0.05, 0.1) is 6.67 Å². The minimum atomic E-state index is -0.414. The summed E-state index contributed by atoms with van der Waals surface area (Å²) in [5, 5.41) is 0. The Morgan fingerprint density at radius 3 is 2.64 bits per heavy atom. The summed E-state index contributed by atoms with van der Waals surface area (Å²) in [5.74, 6) is 1.55. The maximum absolute atomic E-state index is 14.4. The predicted octanol–water partition coefficient (Wildman–Crippen LogP) is 6.50. The van der Waals surface area contributed by atoms with Crippen molar-refractivity contribution >= 4 is 6.08 Å². The lowest BCUT2D eigenvalue weighted by Crippen LogP contribution is -2.24. The summed E-state index contributed by atoms with van der Waals surface area (Å²) in [6.07, 6.45) is 13.8. The van der Waals surface area contributed by atoms with E-state index in [1.807, 2.05) is 6.07 Å². The Balaban J connectivity index is 1.62. The van der Waals surface area contributed by atoms with Crippen LogP contribution >= 0.6 is 0 Å². The Labute approximate surface area is 150 Å². The lowest BCUT2D eigenvalue weighted by molar-refractivity contribution is 0.146. The normalized spacial score (nSPS) is 26.4. The monoisotopic (exact) mass is 348 g/mol. The van der Waals surface area contributed by atoms with Crippen LogP contribution in [-0.4, -0.2) is 12.8 Å². The van der Waals surface area contributed by atoms with E-state index in [1.165, 1.54) is 38.5 Å². The summed E-state index contributed by atoms with van der Waals surface area (Å²) in [6.45, 7) is 1.85. The van der Waals surface area contributed by atoms with Crippen LogP contribution < -0.4 is 4.74 Å². The second-order valence-corrected chi connectivity index (χ2v) is 7.68. The molecule has 138 valence electrons. The number of fused-ring (bicyclic) bond motifs is 1. The fraction of sp³-hybridized carbons (Fsp3) is 0.636. The van der Waals surface area contributed by atoms with Crippen molar-refractivity contribution in [2.45, 2.75) is 70.8 Å². The van der Waals surface area contributed by atoms with Gasteiger partial charge >= 0.3 is 0 Å². The van der Waals surface area contributed by atoms with Crippen LogP contribution in [0.4, 0.5) is 8.78 Å². The molecule has 1 saturated carbocycles. The molecule has 3 rings (SSSR count). The average Bonchev–Trinajstić information content (AvgIpc) is 2.62. The molecule has 1 aromatic carbocycles. The number of aryl methyl sites for hydroxylation is 1. The highest BCUT2D eigenvalue weighted by Crippen LogP contribution is 2.35. The number of alkyl halides is 1. The summed E-state index contributed by atoms with van der Waals surface area (Å²) >= 11 is 0. The maximum atomic E-state index is 14.4. The van der Waals surface area contributed by atoms with E-state index in [0.717, 1.165) is 29.9 Å². The van der Waals surface area contributed by atoms with Crippen LogP contribution in [0.1, 0.15) is 69.4 Å². The minimum Gasteiger partial charge on any atom is -0.487 e. The summed E-state index contributed by atoms with van der Waals surface area (Å²) in [5.41, 5.74) is 1.83. The van der Waals surface area contributed by atoms with Gasteiger partial charge in [-0.25, -0.2) is 4.39 Å². The largest absolute Gasteiger partial charge is 0.487 e. The van der Waals surface area contributed by atoms with Crippen LogP contribution in [0.5, 0.6) is 5.75 Å². The molecule has 0 bridgehead atoms. The van der Waals surface area contributed by atoms with E-state index < -0.39 is 6.67 Å². The van der Waals surface area contributed by atoms with E-state index in [-0.39, 0.29) is 11.9 Å². The number of rotatable bonds is 6. The van der Waals surface area contributed by atoms with E-state index in [4.69, 9.17) is 4.74 Å². The predicted molar refractivity (Wildman–Crippen MR) is 99.1 cm³/mol. The number of allylic oxidation sites excluding steroid dienone is 1. The Hall–Kier alpha value is -1.38. The number of halogens is 2. The molecule has 25 heavy (non-hydrogen) atoms. The Bertz CT molecular complexity index is 588. The second-order valence-electron chi connectivity index (χ2n) is 7.68. The van der Waals surface area contributed by atoms with Crippen molar-refractivity contribution in [2.75, 3.05) is 6.67 Å².